The van der Waals surface area contributed by atoms with Crippen LogP contribution in [0.4, 0.5) is 13.2 Å². The van der Waals surface area contributed by atoms with Gasteiger partial charge in [-0.1, -0.05) is 11.6 Å². The maximum Gasteiger partial charge on any atom is 0.419 e. The zero-order valence-electron chi connectivity index (χ0n) is 14.8. The first kappa shape index (κ1) is 21.5. The van der Waals surface area contributed by atoms with Gasteiger partial charge in [0, 0.05) is 23.3 Å². The van der Waals surface area contributed by atoms with Gasteiger partial charge in [-0.25, -0.2) is 4.79 Å². The fourth-order valence-electron chi connectivity index (χ4n) is 2.80. The number of aromatic nitrogens is 1. The van der Waals surface area contributed by atoms with Crippen molar-refractivity contribution in [3.05, 3.63) is 57.4 Å². The SMILES string of the molecule is CCOC(=O)Cc1c(C(=O)O)c(C(F)(F)F)c(C(=O)c2ccc(Cl)cc2)n1C. The lowest BCUT2D eigenvalue weighted by atomic mass is 10.0. The zero-order chi connectivity index (χ0) is 21.2. The van der Waals surface area contributed by atoms with E-state index in [1.165, 1.54) is 31.2 Å². The van der Waals surface area contributed by atoms with Crippen LogP contribution >= 0.6 is 11.6 Å². The lowest BCUT2D eigenvalue weighted by molar-refractivity contribution is -0.142. The van der Waals surface area contributed by atoms with Gasteiger partial charge in [0.15, 0.2) is 0 Å². The molecule has 1 N–H and O–H groups in total. The van der Waals surface area contributed by atoms with Crippen LogP contribution in [0.3, 0.4) is 0 Å². The Hall–Kier alpha value is -2.81. The first-order valence-corrected chi connectivity index (χ1v) is 8.34. The highest BCUT2D eigenvalue weighted by Crippen LogP contribution is 2.39. The molecule has 28 heavy (non-hydrogen) atoms. The van der Waals surface area contributed by atoms with Gasteiger partial charge in [0.2, 0.25) is 5.78 Å². The molecule has 0 fully saturated rings. The first-order chi connectivity index (χ1) is 13.0. The predicted molar refractivity (Wildman–Crippen MR) is 92.6 cm³/mol. The summed E-state index contributed by atoms with van der Waals surface area (Å²) in [6.07, 6.45) is -5.88. The molecule has 1 aromatic heterocycles. The molecule has 2 rings (SSSR count). The van der Waals surface area contributed by atoms with Gasteiger partial charge in [-0.05, 0) is 31.2 Å². The molecule has 0 atom stereocenters. The van der Waals surface area contributed by atoms with Crippen LogP contribution in [0.1, 0.15) is 44.6 Å². The minimum atomic E-state index is -5.14. The van der Waals surface area contributed by atoms with Gasteiger partial charge in [-0.3, -0.25) is 9.59 Å². The highest BCUT2D eigenvalue weighted by molar-refractivity contribution is 6.30. The number of carbonyl (C=O) groups is 3. The van der Waals surface area contributed by atoms with E-state index in [0.717, 1.165) is 11.6 Å². The number of carboxylic acids is 1. The topological polar surface area (TPSA) is 85.6 Å². The van der Waals surface area contributed by atoms with Crippen molar-refractivity contribution < 1.29 is 37.4 Å². The summed E-state index contributed by atoms with van der Waals surface area (Å²) in [5.74, 6) is -3.87. The number of hydrogen-bond acceptors (Lipinski definition) is 4. The number of ether oxygens (including phenoxy) is 1. The van der Waals surface area contributed by atoms with Crippen molar-refractivity contribution in [1.29, 1.82) is 0 Å². The van der Waals surface area contributed by atoms with E-state index in [0.29, 0.717) is 0 Å². The molecule has 2 aromatic rings. The Labute approximate surface area is 162 Å². The van der Waals surface area contributed by atoms with Gasteiger partial charge in [-0.2, -0.15) is 13.2 Å². The molecule has 0 aliphatic carbocycles. The smallest absolute Gasteiger partial charge is 0.419 e. The fraction of sp³-hybridized carbons (Fsp3) is 0.278. The van der Waals surface area contributed by atoms with E-state index < -0.39 is 52.8 Å². The average molecular weight is 418 g/mol. The van der Waals surface area contributed by atoms with Gasteiger partial charge < -0.3 is 14.4 Å². The van der Waals surface area contributed by atoms with Crippen molar-refractivity contribution in [2.24, 2.45) is 7.05 Å². The van der Waals surface area contributed by atoms with Crippen LogP contribution in [0.15, 0.2) is 24.3 Å². The maximum atomic E-state index is 13.7. The molecule has 0 unspecified atom stereocenters. The molecule has 0 bridgehead atoms. The molecule has 0 saturated heterocycles. The highest BCUT2D eigenvalue weighted by atomic mass is 35.5. The van der Waals surface area contributed by atoms with E-state index >= 15 is 0 Å². The number of carbonyl (C=O) groups excluding carboxylic acids is 2. The Morgan fingerprint density at radius 2 is 1.75 bits per heavy atom. The van der Waals surface area contributed by atoms with Crippen LogP contribution in [0.2, 0.25) is 5.02 Å². The molecule has 6 nitrogen and oxygen atoms in total. The summed E-state index contributed by atoms with van der Waals surface area (Å²) in [7, 11) is 1.10. The zero-order valence-corrected chi connectivity index (χ0v) is 15.5. The molecule has 0 spiro atoms. The van der Waals surface area contributed by atoms with E-state index in [9.17, 15) is 32.7 Å². The fourth-order valence-corrected chi connectivity index (χ4v) is 2.92. The van der Waals surface area contributed by atoms with Crippen molar-refractivity contribution in [2.75, 3.05) is 6.61 Å². The third-order valence-corrected chi connectivity index (χ3v) is 4.20. The summed E-state index contributed by atoms with van der Waals surface area (Å²) >= 11 is 5.73. The Kier molecular flexibility index (Phi) is 6.18. The van der Waals surface area contributed by atoms with Gasteiger partial charge in [0.05, 0.1) is 24.2 Å². The minimum absolute atomic E-state index is 0.0334. The minimum Gasteiger partial charge on any atom is -0.478 e. The van der Waals surface area contributed by atoms with Crippen molar-refractivity contribution in [3.63, 3.8) is 0 Å². The number of hydrogen-bond donors (Lipinski definition) is 1. The van der Waals surface area contributed by atoms with E-state index in [1.54, 1.807) is 0 Å². The molecule has 0 aliphatic rings. The normalized spacial score (nSPS) is 11.4. The number of rotatable bonds is 6. The second-order valence-electron chi connectivity index (χ2n) is 5.73. The number of esters is 1. The average Bonchev–Trinajstić information content (AvgIpc) is 2.88. The lowest BCUT2D eigenvalue weighted by Gasteiger charge is -2.11. The molecule has 1 aromatic carbocycles. The van der Waals surface area contributed by atoms with Crippen LogP contribution in [-0.4, -0.2) is 34.0 Å². The first-order valence-electron chi connectivity index (χ1n) is 7.96. The van der Waals surface area contributed by atoms with Gasteiger partial charge >= 0.3 is 18.1 Å². The van der Waals surface area contributed by atoms with Crippen molar-refractivity contribution in [1.82, 2.24) is 4.57 Å². The van der Waals surface area contributed by atoms with Gasteiger partial charge in [0.25, 0.3) is 0 Å². The number of ketones is 1. The Bertz CT molecular complexity index is 932. The van der Waals surface area contributed by atoms with Crippen LogP contribution in [0.5, 0.6) is 0 Å². The number of carboxylic acid groups (broad SMARTS) is 1. The number of nitrogens with zero attached hydrogens (tertiary/aromatic N) is 1. The van der Waals surface area contributed by atoms with E-state index in [4.69, 9.17) is 16.3 Å². The molecular formula is C18H15ClF3NO5. The Morgan fingerprint density at radius 3 is 2.21 bits per heavy atom. The van der Waals surface area contributed by atoms with E-state index in [-0.39, 0.29) is 17.2 Å². The van der Waals surface area contributed by atoms with Crippen LogP contribution in [0.25, 0.3) is 0 Å². The van der Waals surface area contributed by atoms with Gasteiger partial charge in [0.1, 0.15) is 5.69 Å². The molecule has 1 heterocycles. The second kappa shape index (κ2) is 8.05. The molecule has 150 valence electrons. The van der Waals surface area contributed by atoms with Crippen molar-refractivity contribution in [3.8, 4) is 0 Å². The van der Waals surface area contributed by atoms with Crippen LogP contribution < -0.4 is 0 Å². The third-order valence-electron chi connectivity index (χ3n) is 3.95. The monoisotopic (exact) mass is 417 g/mol. The van der Waals surface area contributed by atoms with Gasteiger partial charge in [-0.15, -0.1) is 0 Å². The highest BCUT2D eigenvalue weighted by Gasteiger charge is 2.45. The Morgan fingerprint density at radius 1 is 1.18 bits per heavy atom. The molecular weight excluding hydrogens is 403 g/mol. The number of alkyl halides is 3. The van der Waals surface area contributed by atoms with E-state index in [2.05, 4.69) is 0 Å². The molecule has 10 heteroatoms. The third kappa shape index (κ3) is 4.19. The summed E-state index contributed by atoms with van der Waals surface area (Å²) < 4.78 is 46.6. The standard InChI is InChI=1S/C18H15ClF3NO5/c1-3-28-12(24)8-11-13(17(26)27)14(18(20,21)22)15(23(11)2)16(25)9-4-6-10(19)7-5-9/h4-7H,3,8H2,1-2H3,(H,26,27). The number of halogens is 4. The van der Waals surface area contributed by atoms with Crippen LogP contribution in [-0.2, 0) is 29.2 Å². The molecule has 0 saturated carbocycles. The number of aromatic carboxylic acids is 1. The molecule has 0 aliphatic heterocycles. The second-order valence-corrected chi connectivity index (χ2v) is 6.16. The molecule has 0 radical (unpaired) electrons. The summed E-state index contributed by atoms with van der Waals surface area (Å²) in [6, 6.07) is 5.10. The molecule has 0 amide bonds. The predicted octanol–water partition coefficient (Wildman–Crippen LogP) is 3.73. The summed E-state index contributed by atoms with van der Waals surface area (Å²) in [5, 5.41) is 9.66. The van der Waals surface area contributed by atoms with E-state index in [1.807, 2.05) is 0 Å². The van der Waals surface area contributed by atoms with Crippen molar-refractivity contribution >= 4 is 29.3 Å². The van der Waals surface area contributed by atoms with Crippen LogP contribution in [0, 0.1) is 0 Å². The summed E-state index contributed by atoms with van der Waals surface area (Å²) in [6.45, 7) is 1.46. The summed E-state index contributed by atoms with van der Waals surface area (Å²) in [4.78, 5) is 36.2. The quantitative estimate of drug-likeness (QED) is 0.571. The summed E-state index contributed by atoms with van der Waals surface area (Å²) in [5.41, 5.74) is -4.24. The largest absolute Gasteiger partial charge is 0.478 e. The Balaban J connectivity index is 2.76. The lowest BCUT2D eigenvalue weighted by Crippen LogP contribution is -2.17. The maximum absolute atomic E-state index is 13.7. The number of benzene rings is 1. The van der Waals surface area contributed by atoms with Crippen molar-refractivity contribution in [2.45, 2.75) is 19.5 Å².